The number of aliphatic hydroxyl groups excluding tert-OH is 1. The van der Waals surface area contributed by atoms with Gasteiger partial charge in [-0.05, 0) is 39.3 Å². The SMILES string of the molecule is C[C@@H](O)[C@H](NC(=O)NCC1CCCN(C)C1)C(=O)O. The predicted octanol–water partition coefficient (Wildman–Crippen LogP) is -0.539. The van der Waals surface area contributed by atoms with Gasteiger partial charge in [-0.15, -0.1) is 0 Å². The Hall–Kier alpha value is -1.34. The Bertz CT molecular complexity index is 322. The molecule has 7 nitrogen and oxygen atoms in total. The van der Waals surface area contributed by atoms with Crippen LogP contribution in [0.5, 0.6) is 0 Å². The zero-order valence-electron chi connectivity index (χ0n) is 11.4. The maximum absolute atomic E-state index is 11.6. The van der Waals surface area contributed by atoms with Gasteiger partial charge in [0.15, 0.2) is 6.04 Å². The van der Waals surface area contributed by atoms with E-state index < -0.39 is 24.1 Å². The number of hydrogen-bond acceptors (Lipinski definition) is 4. The lowest BCUT2D eigenvalue weighted by atomic mass is 9.99. The zero-order valence-corrected chi connectivity index (χ0v) is 11.4. The summed E-state index contributed by atoms with van der Waals surface area (Å²) in [5.41, 5.74) is 0. The lowest BCUT2D eigenvalue weighted by Gasteiger charge is -2.29. The number of carboxylic acid groups (broad SMARTS) is 1. The average Bonchev–Trinajstić information content (AvgIpc) is 2.32. The summed E-state index contributed by atoms with van der Waals surface area (Å²) in [5, 5.41) is 23.0. The number of aliphatic hydroxyl groups is 1. The number of rotatable bonds is 5. The number of carbonyl (C=O) groups excluding carboxylic acids is 1. The Morgan fingerprint density at radius 1 is 1.47 bits per heavy atom. The van der Waals surface area contributed by atoms with E-state index in [0.29, 0.717) is 12.5 Å². The second kappa shape index (κ2) is 7.30. The van der Waals surface area contributed by atoms with Crippen molar-refractivity contribution in [1.29, 1.82) is 0 Å². The van der Waals surface area contributed by atoms with Crippen LogP contribution in [-0.4, -0.2) is 65.9 Å². The van der Waals surface area contributed by atoms with Crippen molar-refractivity contribution < 1.29 is 19.8 Å². The highest BCUT2D eigenvalue weighted by atomic mass is 16.4. The fraction of sp³-hybridized carbons (Fsp3) is 0.833. The molecule has 1 aliphatic rings. The Balaban J connectivity index is 2.32. The molecule has 0 spiro atoms. The average molecular weight is 273 g/mol. The molecule has 0 aromatic carbocycles. The highest BCUT2D eigenvalue weighted by Gasteiger charge is 2.25. The molecule has 1 heterocycles. The van der Waals surface area contributed by atoms with Gasteiger partial charge in [-0.1, -0.05) is 0 Å². The maximum Gasteiger partial charge on any atom is 0.328 e. The van der Waals surface area contributed by atoms with Gasteiger partial charge in [-0.3, -0.25) is 0 Å². The van der Waals surface area contributed by atoms with E-state index in [9.17, 15) is 14.7 Å². The molecule has 19 heavy (non-hydrogen) atoms. The molecule has 0 radical (unpaired) electrons. The molecule has 4 N–H and O–H groups in total. The minimum Gasteiger partial charge on any atom is -0.480 e. The molecule has 0 aliphatic carbocycles. The number of likely N-dealkylation sites (tertiary alicyclic amines) is 1. The number of urea groups is 1. The highest BCUT2D eigenvalue weighted by molar-refractivity contribution is 5.82. The molecule has 110 valence electrons. The number of hydrogen-bond donors (Lipinski definition) is 4. The monoisotopic (exact) mass is 273 g/mol. The molecule has 1 fully saturated rings. The second-order valence-electron chi connectivity index (χ2n) is 5.18. The van der Waals surface area contributed by atoms with E-state index in [1.165, 1.54) is 6.92 Å². The minimum absolute atomic E-state index is 0.388. The molecule has 0 bridgehead atoms. The van der Waals surface area contributed by atoms with E-state index >= 15 is 0 Å². The third-order valence-electron chi connectivity index (χ3n) is 3.31. The molecule has 1 unspecified atom stereocenters. The van der Waals surface area contributed by atoms with Crippen LogP contribution in [0.1, 0.15) is 19.8 Å². The van der Waals surface area contributed by atoms with Crippen molar-refractivity contribution in [3.63, 3.8) is 0 Å². The number of nitrogens with one attached hydrogen (secondary N) is 2. The van der Waals surface area contributed by atoms with Crippen LogP contribution in [0.25, 0.3) is 0 Å². The van der Waals surface area contributed by atoms with Crippen LogP contribution < -0.4 is 10.6 Å². The lowest BCUT2D eigenvalue weighted by Crippen LogP contribution is -2.52. The van der Waals surface area contributed by atoms with Gasteiger partial charge in [0.05, 0.1) is 6.10 Å². The molecule has 0 saturated carbocycles. The van der Waals surface area contributed by atoms with Crippen molar-refractivity contribution in [3.8, 4) is 0 Å². The molecular formula is C12H23N3O4. The van der Waals surface area contributed by atoms with Gasteiger partial charge in [0, 0.05) is 13.1 Å². The third-order valence-corrected chi connectivity index (χ3v) is 3.31. The van der Waals surface area contributed by atoms with Crippen molar-refractivity contribution in [2.75, 3.05) is 26.7 Å². The maximum atomic E-state index is 11.6. The summed E-state index contributed by atoms with van der Waals surface area (Å²) in [6.45, 7) is 3.85. The zero-order chi connectivity index (χ0) is 14.4. The first-order valence-electron chi connectivity index (χ1n) is 6.54. The first-order valence-corrected chi connectivity index (χ1v) is 6.54. The summed E-state index contributed by atoms with van der Waals surface area (Å²) in [7, 11) is 2.04. The summed E-state index contributed by atoms with van der Waals surface area (Å²) in [6.07, 6.45) is 1.03. The molecule has 0 aromatic heterocycles. The number of carbonyl (C=O) groups is 2. The van der Waals surface area contributed by atoms with E-state index in [2.05, 4.69) is 15.5 Å². The van der Waals surface area contributed by atoms with Gasteiger partial charge in [0.2, 0.25) is 0 Å². The number of carboxylic acids is 1. The quantitative estimate of drug-likeness (QED) is 0.539. The van der Waals surface area contributed by atoms with Gasteiger partial charge in [0.1, 0.15) is 0 Å². The second-order valence-corrected chi connectivity index (χ2v) is 5.18. The number of piperidine rings is 1. The Kier molecular flexibility index (Phi) is 6.04. The van der Waals surface area contributed by atoms with Crippen molar-refractivity contribution in [3.05, 3.63) is 0 Å². The molecule has 3 atom stereocenters. The Morgan fingerprint density at radius 3 is 2.68 bits per heavy atom. The van der Waals surface area contributed by atoms with Crippen LogP contribution in [0.2, 0.25) is 0 Å². The van der Waals surface area contributed by atoms with Crippen molar-refractivity contribution in [2.45, 2.75) is 31.9 Å². The van der Waals surface area contributed by atoms with Crippen LogP contribution in [0.3, 0.4) is 0 Å². The lowest BCUT2D eigenvalue weighted by molar-refractivity contribution is -0.141. The fourth-order valence-electron chi connectivity index (χ4n) is 2.26. The van der Waals surface area contributed by atoms with Crippen molar-refractivity contribution >= 4 is 12.0 Å². The Morgan fingerprint density at radius 2 is 2.16 bits per heavy atom. The molecule has 7 heteroatoms. The van der Waals surface area contributed by atoms with Crippen LogP contribution in [0.15, 0.2) is 0 Å². The van der Waals surface area contributed by atoms with E-state index in [-0.39, 0.29) is 0 Å². The number of aliphatic carboxylic acids is 1. The van der Waals surface area contributed by atoms with Gasteiger partial charge >= 0.3 is 12.0 Å². The normalized spacial score (nSPS) is 23.4. The van der Waals surface area contributed by atoms with Gasteiger partial charge in [-0.2, -0.15) is 0 Å². The summed E-state index contributed by atoms with van der Waals surface area (Å²) < 4.78 is 0. The summed E-state index contributed by atoms with van der Waals surface area (Å²) in [6, 6.07) is -1.84. The summed E-state index contributed by atoms with van der Waals surface area (Å²) >= 11 is 0. The summed E-state index contributed by atoms with van der Waals surface area (Å²) in [5.74, 6) is -0.859. The van der Waals surface area contributed by atoms with Crippen molar-refractivity contribution in [2.24, 2.45) is 5.92 Å². The predicted molar refractivity (Wildman–Crippen MR) is 69.9 cm³/mol. The van der Waals surface area contributed by atoms with E-state index in [1.807, 2.05) is 7.05 Å². The van der Waals surface area contributed by atoms with E-state index in [1.54, 1.807) is 0 Å². The van der Waals surface area contributed by atoms with E-state index in [4.69, 9.17) is 5.11 Å². The highest BCUT2D eigenvalue weighted by Crippen LogP contribution is 2.13. The molecule has 1 aliphatic heterocycles. The van der Waals surface area contributed by atoms with Gasteiger partial charge < -0.3 is 25.7 Å². The number of amides is 2. The smallest absolute Gasteiger partial charge is 0.328 e. The van der Waals surface area contributed by atoms with Crippen molar-refractivity contribution in [1.82, 2.24) is 15.5 Å². The largest absolute Gasteiger partial charge is 0.480 e. The molecular weight excluding hydrogens is 250 g/mol. The summed E-state index contributed by atoms with van der Waals surface area (Å²) in [4.78, 5) is 24.6. The first-order chi connectivity index (χ1) is 8.90. The van der Waals surface area contributed by atoms with Gasteiger partial charge in [0.25, 0.3) is 0 Å². The topological polar surface area (TPSA) is 102 Å². The first kappa shape index (κ1) is 15.7. The van der Waals surface area contributed by atoms with Crippen LogP contribution in [0, 0.1) is 5.92 Å². The van der Waals surface area contributed by atoms with Crippen LogP contribution in [-0.2, 0) is 4.79 Å². The fourth-order valence-corrected chi connectivity index (χ4v) is 2.26. The van der Waals surface area contributed by atoms with E-state index in [0.717, 1.165) is 25.9 Å². The molecule has 1 saturated heterocycles. The third kappa shape index (κ3) is 5.44. The number of nitrogens with zero attached hydrogens (tertiary/aromatic N) is 1. The minimum atomic E-state index is -1.28. The van der Waals surface area contributed by atoms with Crippen LogP contribution >= 0.6 is 0 Å². The van der Waals surface area contributed by atoms with Crippen LogP contribution in [0.4, 0.5) is 4.79 Å². The Labute approximate surface area is 113 Å². The van der Waals surface area contributed by atoms with Gasteiger partial charge in [-0.25, -0.2) is 9.59 Å². The molecule has 2 amide bonds. The molecule has 1 rings (SSSR count). The molecule has 0 aromatic rings. The standard InChI is InChI=1S/C12H23N3O4/c1-8(16)10(11(17)18)14-12(19)13-6-9-4-3-5-15(2)7-9/h8-10,16H,3-7H2,1-2H3,(H,17,18)(H2,13,14,19)/t8-,9?,10+/m1/s1.